The summed E-state index contributed by atoms with van der Waals surface area (Å²) in [6.07, 6.45) is -2.64. The van der Waals surface area contributed by atoms with Gasteiger partial charge in [-0.05, 0) is 24.6 Å². The van der Waals surface area contributed by atoms with E-state index in [0.717, 1.165) is 12.3 Å². The summed E-state index contributed by atoms with van der Waals surface area (Å²) in [5.41, 5.74) is -0.931. The first-order valence-corrected chi connectivity index (χ1v) is 11.9. The van der Waals surface area contributed by atoms with Gasteiger partial charge >= 0.3 is 6.18 Å². The van der Waals surface area contributed by atoms with Crippen molar-refractivity contribution in [2.75, 3.05) is 44.3 Å². The van der Waals surface area contributed by atoms with Crippen LogP contribution in [0.5, 0.6) is 11.5 Å². The van der Waals surface area contributed by atoms with Crippen LogP contribution < -0.4 is 14.4 Å². The van der Waals surface area contributed by atoms with E-state index in [2.05, 4.69) is 4.98 Å². The highest BCUT2D eigenvalue weighted by molar-refractivity contribution is 7.89. The Morgan fingerprint density at radius 1 is 0.969 bits per heavy atom. The van der Waals surface area contributed by atoms with Crippen molar-refractivity contribution in [3.63, 3.8) is 0 Å². The number of benzene rings is 1. The lowest BCUT2D eigenvalue weighted by atomic mass is 10.2. The number of sulfonamides is 1. The maximum atomic E-state index is 13.2. The fraction of sp³-hybridized carbons (Fsp3) is 0.450. The van der Waals surface area contributed by atoms with Crippen LogP contribution in [0.1, 0.15) is 18.4 Å². The summed E-state index contributed by atoms with van der Waals surface area (Å²) in [5.74, 6) is 1.10. The molecule has 3 heterocycles. The van der Waals surface area contributed by atoms with Gasteiger partial charge in [0.1, 0.15) is 5.82 Å². The van der Waals surface area contributed by atoms with Gasteiger partial charge in [0.15, 0.2) is 11.5 Å². The number of alkyl halides is 3. The molecule has 0 atom stereocenters. The lowest BCUT2D eigenvalue weighted by molar-refractivity contribution is -0.137. The van der Waals surface area contributed by atoms with Crippen LogP contribution in [-0.2, 0) is 16.2 Å². The monoisotopic (exact) mass is 491 g/mol. The average Bonchev–Trinajstić information content (AvgIpc) is 3.13. The smallest absolute Gasteiger partial charge is 0.417 e. The van der Waals surface area contributed by atoms with E-state index in [4.69, 9.17) is 21.1 Å². The van der Waals surface area contributed by atoms with Crippen molar-refractivity contribution in [2.24, 2.45) is 0 Å². The predicted octanol–water partition coefficient (Wildman–Crippen LogP) is 3.82. The van der Waals surface area contributed by atoms with Gasteiger partial charge in [0.05, 0.1) is 28.7 Å². The molecule has 0 saturated carbocycles. The fourth-order valence-corrected chi connectivity index (χ4v) is 5.39. The predicted molar refractivity (Wildman–Crippen MR) is 112 cm³/mol. The number of nitrogens with zero attached hydrogens (tertiary/aromatic N) is 3. The number of ether oxygens (including phenoxy) is 2. The lowest BCUT2D eigenvalue weighted by Crippen LogP contribution is -2.35. The number of hydrogen-bond donors (Lipinski definition) is 0. The average molecular weight is 492 g/mol. The molecule has 0 aliphatic carbocycles. The SMILES string of the molecule is O=S(=O)(c1ccc2c(c1)OCCCO2)N1CCCN(c2ncc(C(F)(F)F)cc2Cl)CC1. The molecule has 1 fully saturated rings. The van der Waals surface area contributed by atoms with E-state index >= 15 is 0 Å². The Kier molecular flexibility index (Phi) is 6.42. The maximum absolute atomic E-state index is 13.2. The summed E-state index contributed by atoms with van der Waals surface area (Å²) in [6.45, 7) is 1.98. The number of pyridine rings is 1. The van der Waals surface area contributed by atoms with Crippen molar-refractivity contribution >= 4 is 27.4 Å². The quantitative estimate of drug-likeness (QED) is 0.650. The Balaban J connectivity index is 1.51. The first-order chi connectivity index (χ1) is 15.2. The summed E-state index contributed by atoms with van der Waals surface area (Å²) in [6, 6.07) is 5.37. The highest BCUT2D eigenvalue weighted by Crippen LogP contribution is 2.35. The Labute approximate surface area is 188 Å². The van der Waals surface area contributed by atoms with E-state index in [1.807, 2.05) is 0 Å². The van der Waals surface area contributed by atoms with Gasteiger partial charge in [-0.2, -0.15) is 17.5 Å². The second-order valence-corrected chi connectivity index (χ2v) is 9.78. The van der Waals surface area contributed by atoms with E-state index in [0.29, 0.717) is 44.1 Å². The van der Waals surface area contributed by atoms with E-state index in [-0.39, 0.29) is 35.4 Å². The van der Waals surface area contributed by atoms with Crippen LogP contribution >= 0.6 is 11.6 Å². The zero-order chi connectivity index (χ0) is 22.9. The van der Waals surface area contributed by atoms with E-state index in [1.54, 1.807) is 11.0 Å². The number of fused-ring (bicyclic) bond motifs is 1. The summed E-state index contributed by atoms with van der Waals surface area (Å²) in [5, 5.41) is -0.126. The van der Waals surface area contributed by atoms with Gasteiger partial charge < -0.3 is 14.4 Å². The van der Waals surface area contributed by atoms with E-state index in [1.165, 1.54) is 16.4 Å². The van der Waals surface area contributed by atoms with Crippen molar-refractivity contribution < 1.29 is 31.1 Å². The van der Waals surface area contributed by atoms with Crippen LogP contribution in [-0.4, -0.2) is 57.1 Å². The van der Waals surface area contributed by atoms with Crippen LogP contribution in [0.4, 0.5) is 19.0 Å². The molecule has 1 aromatic heterocycles. The number of aromatic nitrogens is 1. The van der Waals surface area contributed by atoms with Crippen LogP contribution in [0.25, 0.3) is 0 Å². The molecule has 4 rings (SSSR count). The number of hydrogen-bond acceptors (Lipinski definition) is 6. The van der Waals surface area contributed by atoms with Crippen molar-refractivity contribution in [3.05, 3.63) is 41.0 Å². The minimum absolute atomic E-state index is 0.0980. The molecule has 0 spiro atoms. The van der Waals surface area contributed by atoms with Crippen molar-refractivity contribution in [2.45, 2.75) is 23.9 Å². The van der Waals surface area contributed by atoms with Crippen LogP contribution in [0.3, 0.4) is 0 Å². The summed E-state index contributed by atoms with van der Waals surface area (Å²) in [4.78, 5) is 5.69. The molecular formula is C20H21ClF3N3O4S. The topological polar surface area (TPSA) is 72.0 Å². The number of rotatable bonds is 3. The molecule has 174 valence electrons. The molecule has 2 aromatic rings. The first kappa shape index (κ1) is 22.9. The lowest BCUT2D eigenvalue weighted by Gasteiger charge is -2.24. The molecule has 0 amide bonds. The van der Waals surface area contributed by atoms with Crippen LogP contribution in [0.15, 0.2) is 35.4 Å². The summed E-state index contributed by atoms with van der Waals surface area (Å²) in [7, 11) is -3.80. The van der Waals surface area contributed by atoms with Crippen molar-refractivity contribution in [1.29, 1.82) is 0 Å². The van der Waals surface area contributed by atoms with Gasteiger partial charge in [0, 0.05) is 44.9 Å². The third kappa shape index (κ3) is 4.74. The van der Waals surface area contributed by atoms with Gasteiger partial charge in [-0.15, -0.1) is 0 Å². The Hall–Kier alpha value is -2.24. The van der Waals surface area contributed by atoms with Gasteiger partial charge in [-0.3, -0.25) is 0 Å². The zero-order valence-electron chi connectivity index (χ0n) is 16.9. The molecule has 2 aliphatic rings. The molecule has 0 bridgehead atoms. The zero-order valence-corrected chi connectivity index (χ0v) is 18.5. The Morgan fingerprint density at radius 3 is 2.44 bits per heavy atom. The largest absolute Gasteiger partial charge is 0.490 e. The normalized spacial score (nSPS) is 18.2. The number of halogens is 4. The molecule has 0 radical (unpaired) electrons. The minimum atomic E-state index is -4.54. The molecule has 1 saturated heterocycles. The second-order valence-electron chi connectivity index (χ2n) is 7.43. The fourth-order valence-electron chi connectivity index (χ4n) is 3.62. The Morgan fingerprint density at radius 2 is 1.72 bits per heavy atom. The highest BCUT2D eigenvalue weighted by atomic mass is 35.5. The van der Waals surface area contributed by atoms with Gasteiger partial charge in [-0.1, -0.05) is 11.6 Å². The van der Waals surface area contributed by atoms with Gasteiger partial charge in [0.25, 0.3) is 0 Å². The molecular weight excluding hydrogens is 471 g/mol. The van der Waals surface area contributed by atoms with Crippen LogP contribution in [0.2, 0.25) is 5.02 Å². The second kappa shape index (κ2) is 8.95. The highest BCUT2D eigenvalue weighted by Gasteiger charge is 2.33. The van der Waals surface area contributed by atoms with Gasteiger partial charge in [-0.25, -0.2) is 13.4 Å². The van der Waals surface area contributed by atoms with Crippen LogP contribution in [0, 0.1) is 0 Å². The molecule has 12 heteroatoms. The summed E-state index contributed by atoms with van der Waals surface area (Å²) >= 11 is 6.06. The molecule has 32 heavy (non-hydrogen) atoms. The molecule has 7 nitrogen and oxygen atoms in total. The van der Waals surface area contributed by atoms with Crippen molar-refractivity contribution in [1.82, 2.24) is 9.29 Å². The molecule has 1 aromatic carbocycles. The standard InChI is InChI=1S/C20H21ClF3N3O4S/c21-16-11-14(20(22,23)24)13-25-19(16)26-5-1-6-27(8-7-26)32(28,29)15-3-4-17-18(12-15)31-10-2-9-30-17/h3-4,11-13H,1-2,5-10H2. The van der Waals surface area contributed by atoms with Gasteiger partial charge in [0.2, 0.25) is 10.0 Å². The third-order valence-electron chi connectivity index (χ3n) is 5.26. The first-order valence-electron chi connectivity index (χ1n) is 10.0. The molecule has 0 N–H and O–H groups in total. The van der Waals surface area contributed by atoms with E-state index in [9.17, 15) is 21.6 Å². The third-order valence-corrected chi connectivity index (χ3v) is 7.43. The van der Waals surface area contributed by atoms with E-state index < -0.39 is 21.8 Å². The molecule has 0 unspecified atom stereocenters. The number of anilines is 1. The minimum Gasteiger partial charge on any atom is -0.490 e. The molecule has 2 aliphatic heterocycles. The summed E-state index contributed by atoms with van der Waals surface area (Å²) < 4.78 is 77.6. The van der Waals surface area contributed by atoms with Crippen molar-refractivity contribution in [3.8, 4) is 11.5 Å². The maximum Gasteiger partial charge on any atom is 0.417 e. The Bertz CT molecular complexity index is 1100.